The molecular formula is C16H26O2. The Labute approximate surface area is 111 Å². The van der Waals surface area contributed by atoms with Gasteiger partial charge >= 0.3 is 0 Å². The Kier molecular flexibility index (Phi) is 6.81. The van der Waals surface area contributed by atoms with Crippen LogP contribution < -0.4 is 4.74 Å². The Bertz CT molecular complexity index is 336. The second-order valence-electron chi connectivity index (χ2n) is 4.76. The highest BCUT2D eigenvalue weighted by Gasteiger charge is 2.19. The molecule has 1 rings (SSSR count). The summed E-state index contributed by atoms with van der Waals surface area (Å²) in [5, 5.41) is 10.4. The third-order valence-electron chi connectivity index (χ3n) is 3.41. The zero-order valence-electron chi connectivity index (χ0n) is 11.9. The van der Waals surface area contributed by atoms with E-state index in [-0.39, 0.29) is 6.10 Å². The van der Waals surface area contributed by atoms with E-state index in [0.29, 0.717) is 12.5 Å². The fraction of sp³-hybridized carbons (Fsp3) is 0.625. The molecule has 102 valence electrons. The second-order valence-corrected chi connectivity index (χ2v) is 4.76. The van der Waals surface area contributed by atoms with E-state index in [4.69, 9.17) is 4.74 Å². The zero-order chi connectivity index (χ0) is 13.4. The fourth-order valence-corrected chi connectivity index (χ4v) is 2.28. The number of rotatable bonds is 8. The maximum absolute atomic E-state index is 10.4. The molecule has 0 amide bonds. The highest BCUT2D eigenvalue weighted by molar-refractivity contribution is 5.30. The van der Waals surface area contributed by atoms with Crippen LogP contribution in [0.4, 0.5) is 0 Å². The molecule has 0 fully saturated rings. The van der Waals surface area contributed by atoms with E-state index in [9.17, 15) is 5.11 Å². The lowest BCUT2D eigenvalue weighted by Crippen LogP contribution is -2.12. The standard InChI is InChI=1S/C16H26O2/c1-4-7-9-13(5-2)16(17)14-10-8-11-15(12-14)18-6-3/h8,10-13,16-17H,4-7,9H2,1-3H3. The van der Waals surface area contributed by atoms with Crippen molar-refractivity contribution in [2.75, 3.05) is 6.61 Å². The molecule has 18 heavy (non-hydrogen) atoms. The Morgan fingerprint density at radius 3 is 2.61 bits per heavy atom. The first kappa shape index (κ1) is 15.0. The number of benzene rings is 1. The molecule has 2 unspecified atom stereocenters. The molecule has 0 spiro atoms. The van der Waals surface area contributed by atoms with Gasteiger partial charge in [0, 0.05) is 0 Å². The summed E-state index contributed by atoms with van der Waals surface area (Å²) in [6.07, 6.45) is 4.10. The van der Waals surface area contributed by atoms with Crippen molar-refractivity contribution in [1.29, 1.82) is 0 Å². The van der Waals surface area contributed by atoms with Crippen molar-refractivity contribution >= 4 is 0 Å². The average molecular weight is 250 g/mol. The van der Waals surface area contributed by atoms with Crippen LogP contribution >= 0.6 is 0 Å². The van der Waals surface area contributed by atoms with Gasteiger partial charge in [0.1, 0.15) is 5.75 Å². The second kappa shape index (κ2) is 8.15. The largest absolute Gasteiger partial charge is 0.494 e. The number of aliphatic hydroxyl groups excluding tert-OH is 1. The van der Waals surface area contributed by atoms with Crippen LogP contribution in [0, 0.1) is 5.92 Å². The first-order chi connectivity index (χ1) is 8.72. The third kappa shape index (κ3) is 4.34. The summed E-state index contributed by atoms with van der Waals surface area (Å²) in [4.78, 5) is 0. The first-order valence-corrected chi connectivity index (χ1v) is 7.13. The van der Waals surface area contributed by atoms with E-state index >= 15 is 0 Å². The number of hydrogen-bond donors (Lipinski definition) is 1. The molecule has 0 saturated heterocycles. The average Bonchev–Trinajstić information content (AvgIpc) is 2.40. The van der Waals surface area contributed by atoms with Crippen molar-refractivity contribution in [3.63, 3.8) is 0 Å². The van der Waals surface area contributed by atoms with Crippen LogP contribution in [-0.2, 0) is 0 Å². The van der Waals surface area contributed by atoms with Gasteiger partial charge in [-0.3, -0.25) is 0 Å². The molecule has 1 N–H and O–H groups in total. The van der Waals surface area contributed by atoms with Gasteiger partial charge in [0.2, 0.25) is 0 Å². The topological polar surface area (TPSA) is 29.5 Å². The molecule has 0 saturated carbocycles. The monoisotopic (exact) mass is 250 g/mol. The highest BCUT2D eigenvalue weighted by Crippen LogP contribution is 2.30. The van der Waals surface area contributed by atoms with Crippen LogP contribution in [-0.4, -0.2) is 11.7 Å². The fourth-order valence-electron chi connectivity index (χ4n) is 2.28. The Morgan fingerprint density at radius 2 is 2.00 bits per heavy atom. The summed E-state index contributed by atoms with van der Waals surface area (Å²) in [5.74, 6) is 1.20. The molecule has 0 radical (unpaired) electrons. The maximum atomic E-state index is 10.4. The van der Waals surface area contributed by atoms with Gasteiger partial charge in [-0.05, 0) is 37.0 Å². The van der Waals surface area contributed by atoms with Crippen LogP contribution in [0.15, 0.2) is 24.3 Å². The van der Waals surface area contributed by atoms with Crippen LogP contribution in [0.5, 0.6) is 5.75 Å². The number of ether oxygens (including phenoxy) is 1. The van der Waals surface area contributed by atoms with Crippen molar-refractivity contribution in [3.05, 3.63) is 29.8 Å². The normalized spacial score (nSPS) is 14.2. The molecule has 1 aromatic carbocycles. The van der Waals surface area contributed by atoms with Gasteiger partial charge in [-0.25, -0.2) is 0 Å². The summed E-state index contributed by atoms with van der Waals surface area (Å²) < 4.78 is 5.48. The Hall–Kier alpha value is -1.02. The summed E-state index contributed by atoms with van der Waals surface area (Å²) in [5.41, 5.74) is 0.976. The van der Waals surface area contributed by atoms with Crippen molar-refractivity contribution < 1.29 is 9.84 Å². The lowest BCUT2D eigenvalue weighted by molar-refractivity contribution is 0.0986. The molecule has 0 bridgehead atoms. The molecular weight excluding hydrogens is 224 g/mol. The quantitative estimate of drug-likeness (QED) is 0.744. The van der Waals surface area contributed by atoms with Crippen molar-refractivity contribution in [2.24, 2.45) is 5.92 Å². The van der Waals surface area contributed by atoms with Gasteiger partial charge in [0.25, 0.3) is 0 Å². The van der Waals surface area contributed by atoms with Gasteiger partial charge in [0.05, 0.1) is 12.7 Å². The smallest absolute Gasteiger partial charge is 0.119 e. The summed E-state index contributed by atoms with van der Waals surface area (Å²) in [6, 6.07) is 7.84. The molecule has 2 atom stereocenters. The van der Waals surface area contributed by atoms with E-state index in [2.05, 4.69) is 13.8 Å². The number of hydrogen-bond acceptors (Lipinski definition) is 2. The molecule has 0 heterocycles. The highest BCUT2D eigenvalue weighted by atomic mass is 16.5. The summed E-state index contributed by atoms with van der Waals surface area (Å²) >= 11 is 0. The molecule has 0 aromatic heterocycles. The Morgan fingerprint density at radius 1 is 1.22 bits per heavy atom. The molecule has 2 nitrogen and oxygen atoms in total. The molecule has 1 aromatic rings. The lowest BCUT2D eigenvalue weighted by Gasteiger charge is -2.22. The minimum absolute atomic E-state index is 0.349. The van der Waals surface area contributed by atoms with Crippen molar-refractivity contribution in [2.45, 2.75) is 52.6 Å². The maximum Gasteiger partial charge on any atom is 0.119 e. The van der Waals surface area contributed by atoms with E-state index in [1.807, 2.05) is 31.2 Å². The molecule has 0 aliphatic heterocycles. The molecule has 2 heteroatoms. The van der Waals surface area contributed by atoms with Gasteiger partial charge in [-0.15, -0.1) is 0 Å². The van der Waals surface area contributed by atoms with Crippen LogP contribution in [0.25, 0.3) is 0 Å². The van der Waals surface area contributed by atoms with E-state index < -0.39 is 0 Å². The van der Waals surface area contributed by atoms with Gasteiger partial charge < -0.3 is 9.84 Å². The van der Waals surface area contributed by atoms with Crippen molar-refractivity contribution in [3.8, 4) is 5.75 Å². The van der Waals surface area contributed by atoms with Crippen LogP contribution in [0.1, 0.15) is 58.1 Å². The third-order valence-corrected chi connectivity index (χ3v) is 3.41. The van der Waals surface area contributed by atoms with Gasteiger partial charge in [-0.2, -0.15) is 0 Å². The minimum Gasteiger partial charge on any atom is -0.494 e. The molecule has 0 aliphatic carbocycles. The number of unbranched alkanes of at least 4 members (excludes halogenated alkanes) is 1. The van der Waals surface area contributed by atoms with E-state index in [0.717, 1.165) is 24.2 Å². The summed E-state index contributed by atoms with van der Waals surface area (Å²) in [7, 11) is 0. The van der Waals surface area contributed by atoms with Gasteiger partial charge in [-0.1, -0.05) is 45.2 Å². The van der Waals surface area contributed by atoms with Crippen LogP contribution in [0.2, 0.25) is 0 Å². The molecule has 0 aliphatic rings. The number of aliphatic hydroxyl groups is 1. The predicted molar refractivity (Wildman–Crippen MR) is 75.9 cm³/mol. The Balaban J connectivity index is 2.73. The van der Waals surface area contributed by atoms with Gasteiger partial charge in [0.15, 0.2) is 0 Å². The lowest BCUT2D eigenvalue weighted by atomic mass is 9.89. The SMILES string of the molecule is CCCCC(CC)C(O)c1cccc(OCC)c1. The predicted octanol–water partition coefficient (Wildman–Crippen LogP) is 4.34. The van der Waals surface area contributed by atoms with E-state index in [1.165, 1.54) is 12.8 Å². The van der Waals surface area contributed by atoms with Crippen molar-refractivity contribution in [1.82, 2.24) is 0 Å². The zero-order valence-corrected chi connectivity index (χ0v) is 11.9. The summed E-state index contributed by atoms with van der Waals surface area (Å²) in [6.45, 7) is 6.97. The minimum atomic E-state index is -0.373. The van der Waals surface area contributed by atoms with E-state index in [1.54, 1.807) is 0 Å². The van der Waals surface area contributed by atoms with Crippen LogP contribution in [0.3, 0.4) is 0 Å². The first-order valence-electron chi connectivity index (χ1n) is 7.13.